The molecule has 0 fully saturated rings. The highest BCUT2D eigenvalue weighted by molar-refractivity contribution is 6.30. The van der Waals surface area contributed by atoms with Crippen LogP contribution in [0.4, 0.5) is 0 Å². The van der Waals surface area contributed by atoms with Gasteiger partial charge in [0.25, 0.3) is 0 Å². The Kier molecular flexibility index (Phi) is 7.86. The first kappa shape index (κ1) is 19.8. The highest BCUT2D eigenvalue weighted by Crippen LogP contribution is 2.20. The van der Waals surface area contributed by atoms with Crippen LogP contribution in [0.5, 0.6) is 5.75 Å². The summed E-state index contributed by atoms with van der Waals surface area (Å²) < 4.78 is 5.92. The third-order valence-corrected chi connectivity index (χ3v) is 3.68. The SMILES string of the molecule is CC(C)(CO)NCc1ccccc1OCc1ccc(Cl)cc1.Cl. The van der Waals surface area contributed by atoms with E-state index in [1.165, 1.54) is 0 Å². The number of hydrogen-bond donors (Lipinski definition) is 2. The topological polar surface area (TPSA) is 41.5 Å². The number of hydrogen-bond acceptors (Lipinski definition) is 3. The standard InChI is InChI=1S/C18H22ClNO2.ClH/c1-18(2,13-21)20-11-15-5-3-4-6-17(15)22-12-14-7-9-16(19)10-8-14;/h3-10,20-21H,11-13H2,1-2H3;1H. The zero-order valence-corrected chi connectivity index (χ0v) is 15.0. The Morgan fingerprint density at radius 1 is 1.09 bits per heavy atom. The van der Waals surface area contributed by atoms with Gasteiger partial charge in [-0.1, -0.05) is 41.9 Å². The van der Waals surface area contributed by atoms with E-state index in [0.717, 1.165) is 21.9 Å². The molecule has 0 aliphatic rings. The fourth-order valence-electron chi connectivity index (χ4n) is 1.92. The zero-order chi connectivity index (χ0) is 16.0. The van der Waals surface area contributed by atoms with Crippen LogP contribution in [0.15, 0.2) is 48.5 Å². The van der Waals surface area contributed by atoms with Crippen molar-refractivity contribution in [3.63, 3.8) is 0 Å². The van der Waals surface area contributed by atoms with Gasteiger partial charge in [-0.25, -0.2) is 0 Å². The molecule has 2 aromatic rings. The van der Waals surface area contributed by atoms with Crippen molar-refractivity contribution >= 4 is 24.0 Å². The van der Waals surface area contributed by atoms with Crippen LogP contribution in [-0.4, -0.2) is 17.3 Å². The predicted molar refractivity (Wildman–Crippen MR) is 97.5 cm³/mol. The molecule has 0 radical (unpaired) electrons. The van der Waals surface area contributed by atoms with Crippen LogP contribution < -0.4 is 10.1 Å². The van der Waals surface area contributed by atoms with Gasteiger partial charge >= 0.3 is 0 Å². The summed E-state index contributed by atoms with van der Waals surface area (Å²) in [7, 11) is 0. The molecule has 0 aliphatic heterocycles. The van der Waals surface area contributed by atoms with Crippen LogP contribution in [0.2, 0.25) is 5.02 Å². The summed E-state index contributed by atoms with van der Waals surface area (Å²) in [6.07, 6.45) is 0. The Labute approximate surface area is 149 Å². The molecule has 0 unspecified atom stereocenters. The molecule has 0 saturated carbocycles. The molecule has 5 heteroatoms. The first-order chi connectivity index (χ1) is 10.5. The number of ether oxygens (including phenoxy) is 1. The van der Waals surface area contributed by atoms with Crippen molar-refractivity contribution in [1.82, 2.24) is 5.32 Å². The second-order valence-corrected chi connectivity index (χ2v) is 6.35. The molecule has 0 spiro atoms. The number of rotatable bonds is 7. The van der Waals surface area contributed by atoms with E-state index in [2.05, 4.69) is 5.32 Å². The highest BCUT2D eigenvalue weighted by atomic mass is 35.5. The van der Waals surface area contributed by atoms with Gasteiger partial charge < -0.3 is 15.2 Å². The third kappa shape index (κ3) is 6.40. The highest BCUT2D eigenvalue weighted by Gasteiger charge is 2.15. The molecule has 2 N–H and O–H groups in total. The third-order valence-electron chi connectivity index (χ3n) is 3.43. The lowest BCUT2D eigenvalue weighted by atomic mass is 10.1. The maximum Gasteiger partial charge on any atom is 0.124 e. The monoisotopic (exact) mass is 355 g/mol. The van der Waals surface area contributed by atoms with Gasteiger partial charge in [0.05, 0.1) is 6.61 Å². The molecule has 0 heterocycles. The average Bonchev–Trinajstić information content (AvgIpc) is 2.53. The molecule has 3 nitrogen and oxygen atoms in total. The predicted octanol–water partition coefficient (Wildman–Crippen LogP) is 4.20. The molecule has 2 aromatic carbocycles. The lowest BCUT2D eigenvalue weighted by Gasteiger charge is -2.24. The fraction of sp³-hybridized carbons (Fsp3) is 0.333. The summed E-state index contributed by atoms with van der Waals surface area (Å²) in [5, 5.41) is 13.4. The molecule has 0 bridgehead atoms. The Balaban J connectivity index is 0.00000264. The van der Waals surface area contributed by atoms with Crippen LogP contribution in [-0.2, 0) is 13.2 Å². The fourth-order valence-corrected chi connectivity index (χ4v) is 2.05. The molecule has 0 amide bonds. The quantitative estimate of drug-likeness (QED) is 0.781. The lowest BCUT2D eigenvalue weighted by molar-refractivity contribution is 0.186. The lowest BCUT2D eigenvalue weighted by Crippen LogP contribution is -2.42. The minimum Gasteiger partial charge on any atom is -0.489 e. The number of aliphatic hydroxyl groups excluding tert-OH is 1. The Hall–Kier alpha value is -1.26. The molecular formula is C18H23Cl2NO2. The molecule has 2 rings (SSSR count). The van der Waals surface area contributed by atoms with Gasteiger partial charge in [-0.2, -0.15) is 0 Å². The van der Waals surface area contributed by atoms with Crippen LogP contribution in [0.25, 0.3) is 0 Å². The summed E-state index contributed by atoms with van der Waals surface area (Å²) in [5.74, 6) is 0.846. The zero-order valence-electron chi connectivity index (χ0n) is 13.4. The van der Waals surface area contributed by atoms with Crippen molar-refractivity contribution in [3.8, 4) is 5.75 Å². The van der Waals surface area contributed by atoms with Crippen molar-refractivity contribution in [3.05, 3.63) is 64.7 Å². The number of halogens is 2. The first-order valence-electron chi connectivity index (χ1n) is 7.31. The molecule has 0 saturated heterocycles. The molecule has 23 heavy (non-hydrogen) atoms. The van der Waals surface area contributed by atoms with Crippen molar-refractivity contribution in [1.29, 1.82) is 0 Å². The van der Waals surface area contributed by atoms with Gasteiger partial charge in [-0.3, -0.25) is 0 Å². The average molecular weight is 356 g/mol. The Bertz CT molecular complexity index is 600. The van der Waals surface area contributed by atoms with E-state index in [9.17, 15) is 5.11 Å². The first-order valence-corrected chi connectivity index (χ1v) is 7.69. The van der Waals surface area contributed by atoms with E-state index in [1.807, 2.05) is 62.4 Å². The van der Waals surface area contributed by atoms with Crippen molar-refractivity contribution in [2.24, 2.45) is 0 Å². The summed E-state index contributed by atoms with van der Waals surface area (Å²) in [6, 6.07) is 15.6. The molecular weight excluding hydrogens is 333 g/mol. The molecule has 0 aliphatic carbocycles. The van der Waals surface area contributed by atoms with E-state index < -0.39 is 0 Å². The van der Waals surface area contributed by atoms with Crippen LogP contribution in [0.3, 0.4) is 0 Å². The van der Waals surface area contributed by atoms with E-state index in [0.29, 0.717) is 13.2 Å². The maximum atomic E-state index is 9.31. The second kappa shape index (κ2) is 9.14. The smallest absolute Gasteiger partial charge is 0.124 e. The number of nitrogens with one attached hydrogen (secondary N) is 1. The molecule has 0 atom stereocenters. The van der Waals surface area contributed by atoms with E-state index in [1.54, 1.807) is 0 Å². The van der Waals surface area contributed by atoms with Crippen LogP contribution in [0.1, 0.15) is 25.0 Å². The van der Waals surface area contributed by atoms with E-state index >= 15 is 0 Å². The summed E-state index contributed by atoms with van der Waals surface area (Å²) in [4.78, 5) is 0. The summed E-state index contributed by atoms with van der Waals surface area (Å²) >= 11 is 5.88. The molecule has 126 valence electrons. The minimum atomic E-state index is -0.316. The van der Waals surface area contributed by atoms with Crippen molar-refractivity contribution in [2.75, 3.05) is 6.61 Å². The Morgan fingerprint density at radius 2 is 1.74 bits per heavy atom. The van der Waals surface area contributed by atoms with Gasteiger partial charge in [0.2, 0.25) is 0 Å². The number of aliphatic hydroxyl groups is 1. The van der Waals surface area contributed by atoms with Crippen LogP contribution in [0, 0.1) is 0 Å². The largest absolute Gasteiger partial charge is 0.489 e. The summed E-state index contributed by atoms with van der Waals surface area (Å²) in [6.45, 7) is 5.15. The Morgan fingerprint density at radius 3 is 2.39 bits per heavy atom. The van der Waals surface area contributed by atoms with Crippen molar-refractivity contribution in [2.45, 2.75) is 32.5 Å². The van der Waals surface area contributed by atoms with Gasteiger partial charge in [0.1, 0.15) is 12.4 Å². The number of benzene rings is 2. The maximum absolute atomic E-state index is 9.31. The number of para-hydroxylation sites is 1. The van der Waals surface area contributed by atoms with Gasteiger partial charge in [-0.15, -0.1) is 12.4 Å². The second-order valence-electron chi connectivity index (χ2n) is 5.92. The van der Waals surface area contributed by atoms with Gasteiger partial charge in [-0.05, 0) is 37.6 Å². The van der Waals surface area contributed by atoms with Gasteiger partial charge in [0.15, 0.2) is 0 Å². The van der Waals surface area contributed by atoms with E-state index in [4.69, 9.17) is 16.3 Å². The normalized spacial score (nSPS) is 11.0. The van der Waals surface area contributed by atoms with Gasteiger partial charge in [0, 0.05) is 22.7 Å². The minimum absolute atomic E-state index is 0. The molecule has 0 aromatic heterocycles. The van der Waals surface area contributed by atoms with Crippen LogP contribution >= 0.6 is 24.0 Å². The van der Waals surface area contributed by atoms with Crippen molar-refractivity contribution < 1.29 is 9.84 Å². The van der Waals surface area contributed by atoms with E-state index in [-0.39, 0.29) is 24.6 Å². The summed E-state index contributed by atoms with van der Waals surface area (Å²) in [5.41, 5.74) is 1.82.